The molecule has 0 fully saturated rings. The van der Waals surface area contributed by atoms with E-state index < -0.39 is 23.9 Å². The molecule has 0 rings (SSSR count). The minimum absolute atomic E-state index is 0.00119. The highest BCUT2D eigenvalue weighted by Gasteiger charge is 2.71. The number of aliphatic hydroxyl groups is 1. The molecule has 0 saturated heterocycles. The van der Waals surface area contributed by atoms with Crippen molar-refractivity contribution in [2.24, 2.45) is 0 Å². The molecule has 60 heavy (non-hydrogen) atoms. The van der Waals surface area contributed by atoms with Gasteiger partial charge in [-0.3, -0.25) is 4.74 Å². The third-order valence-electron chi connectivity index (χ3n) is 8.91. The molecule has 0 radical (unpaired) electrons. The predicted octanol–water partition coefficient (Wildman–Crippen LogP) is 10.0. The van der Waals surface area contributed by atoms with Crippen molar-refractivity contribution in [2.75, 3.05) is 99.1 Å². The van der Waals surface area contributed by atoms with Crippen molar-refractivity contribution in [1.82, 2.24) is 0 Å². The van der Waals surface area contributed by atoms with Gasteiger partial charge in [-0.2, -0.15) is 0 Å². The lowest BCUT2D eigenvalue weighted by atomic mass is 10.1. The summed E-state index contributed by atoms with van der Waals surface area (Å²) in [6.45, 7) is 21.1. The van der Waals surface area contributed by atoms with Crippen LogP contribution >= 0.6 is 0 Å². The predicted molar refractivity (Wildman–Crippen MR) is 234 cm³/mol. The van der Waals surface area contributed by atoms with Crippen LogP contribution in [-0.2, 0) is 61.6 Å². The maximum Gasteiger partial charge on any atom is 0.374 e. The van der Waals surface area contributed by atoms with Crippen molar-refractivity contribution in [2.45, 2.75) is 202 Å². The lowest BCUT2D eigenvalue weighted by molar-refractivity contribution is -0.647. The summed E-state index contributed by atoms with van der Waals surface area (Å²) < 4.78 is 85.9. The molecule has 0 bridgehead atoms. The van der Waals surface area contributed by atoms with E-state index in [1.807, 2.05) is 55.4 Å². The van der Waals surface area contributed by atoms with E-state index >= 15 is 0 Å². The molecule has 0 aliphatic carbocycles. The highest BCUT2D eigenvalue weighted by Crippen LogP contribution is 2.46. The SMILES string of the molecule is CCCCCCCCCCCCOC(OCCC)(OCCC)C(OCCC)(OCCC)OC(OCCC)(OCCC)C(OCCC)(OCCC)OCCOCCOCCO. The van der Waals surface area contributed by atoms with Gasteiger partial charge >= 0.3 is 23.9 Å². The minimum Gasteiger partial charge on any atom is -0.394 e. The first-order valence-corrected chi connectivity index (χ1v) is 24.2. The molecular weight excluding hydrogens is 776 g/mol. The quantitative estimate of drug-likeness (QED) is 0.0458. The lowest BCUT2D eigenvalue weighted by Crippen LogP contribution is -2.73. The molecule has 0 aromatic carbocycles. The average Bonchev–Trinajstić information content (AvgIpc) is 3.27. The molecule has 362 valence electrons. The van der Waals surface area contributed by atoms with Crippen LogP contribution in [0.3, 0.4) is 0 Å². The summed E-state index contributed by atoms with van der Waals surface area (Å²) in [5.74, 6) is -8.71. The lowest BCUT2D eigenvalue weighted by Gasteiger charge is -2.52. The van der Waals surface area contributed by atoms with Crippen LogP contribution in [0.15, 0.2) is 0 Å². The van der Waals surface area contributed by atoms with Gasteiger partial charge in [0.2, 0.25) is 0 Å². The Kier molecular flexibility index (Phi) is 39.6. The van der Waals surface area contributed by atoms with Crippen LogP contribution in [0, 0.1) is 0 Å². The van der Waals surface area contributed by atoms with E-state index in [9.17, 15) is 0 Å². The fraction of sp³-hybridized carbons (Fsp3) is 1.00. The van der Waals surface area contributed by atoms with Crippen molar-refractivity contribution in [3.8, 4) is 0 Å². The van der Waals surface area contributed by atoms with Gasteiger partial charge in [-0.25, -0.2) is 0 Å². The second-order valence-corrected chi connectivity index (χ2v) is 14.9. The Labute approximate surface area is 366 Å². The average molecular weight is 871 g/mol. The molecule has 14 heteroatoms. The maximum absolute atomic E-state index is 9.07. The second-order valence-electron chi connectivity index (χ2n) is 14.9. The molecule has 0 aliphatic rings. The van der Waals surface area contributed by atoms with Crippen LogP contribution in [0.2, 0.25) is 0 Å². The van der Waals surface area contributed by atoms with Crippen molar-refractivity contribution < 1.29 is 66.7 Å². The molecule has 0 unspecified atom stereocenters. The van der Waals surface area contributed by atoms with E-state index in [4.69, 9.17) is 66.7 Å². The van der Waals surface area contributed by atoms with Crippen LogP contribution in [0.4, 0.5) is 0 Å². The highest BCUT2D eigenvalue weighted by molar-refractivity contribution is 4.84. The Morgan fingerprint density at radius 2 is 0.517 bits per heavy atom. The number of unbranched alkanes of at least 4 members (excludes halogenated alkanes) is 9. The van der Waals surface area contributed by atoms with E-state index in [2.05, 4.69) is 6.92 Å². The minimum atomic E-state index is -2.29. The Balaban J connectivity index is 7.51. The van der Waals surface area contributed by atoms with E-state index in [1.54, 1.807) is 0 Å². The Bertz CT molecular complexity index is 865. The summed E-state index contributed by atoms with van der Waals surface area (Å²) in [6, 6.07) is 0. The third kappa shape index (κ3) is 23.4. The monoisotopic (exact) mass is 871 g/mol. The van der Waals surface area contributed by atoms with Crippen molar-refractivity contribution in [1.29, 1.82) is 0 Å². The van der Waals surface area contributed by atoms with Gasteiger partial charge in [0.05, 0.1) is 99.1 Å². The fourth-order valence-corrected chi connectivity index (χ4v) is 5.95. The largest absolute Gasteiger partial charge is 0.394 e. The van der Waals surface area contributed by atoms with E-state index in [-0.39, 0.29) is 85.9 Å². The number of ether oxygens (including phenoxy) is 13. The third-order valence-corrected chi connectivity index (χ3v) is 8.91. The smallest absolute Gasteiger partial charge is 0.374 e. The zero-order valence-corrected chi connectivity index (χ0v) is 40.1. The molecule has 14 nitrogen and oxygen atoms in total. The summed E-state index contributed by atoms with van der Waals surface area (Å²) >= 11 is 0. The molecule has 0 aromatic rings. The number of hydrogen-bond donors (Lipinski definition) is 1. The topological polar surface area (TPSA) is 140 Å². The highest BCUT2D eigenvalue weighted by atomic mass is 17.1. The summed E-state index contributed by atoms with van der Waals surface area (Å²) in [5.41, 5.74) is 0. The first-order valence-electron chi connectivity index (χ1n) is 24.2. The molecule has 0 amide bonds. The summed E-state index contributed by atoms with van der Waals surface area (Å²) in [7, 11) is 0. The summed E-state index contributed by atoms with van der Waals surface area (Å²) in [6.07, 6.45) is 16.7. The Hall–Kier alpha value is -0.560. The Morgan fingerprint density at radius 3 is 0.850 bits per heavy atom. The van der Waals surface area contributed by atoms with Gasteiger partial charge in [0.1, 0.15) is 0 Å². The number of hydrogen-bond acceptors (Lipinski definition) is 14. The van der Waals surface area contributed by atoms with Crippen LogP contribution in [0.25, 0.3) is 0 Å². The zero-order valence-electron chi connectivity index (χ0n) is 40.1. The number of aliphatic hydroxyl groups excluding tert-OH is 1. The van der Waals surface area contributed by atoms with Gasteiger partial charge in [0.25, 0.3) is 0 Å². The van der Waals surface area contributed by atoms with Crippen LogP contribution in [0.5, 0.6) is 0 Å². The van der Waals surface area contributed by atoms with Gasteiger partial charge in [-0.05, 0) is 57.8 Å². The van der Waals surface area contributed by atoms with E-state index in [1.165, 1.54) is 44.9 Å². The van der Waals surface area contributed by atoms with E-state index in [0.29, 0.717) is 64.6 Å². The summed E-state index contributed by atoms with van der Waals surface area (Å²) in [5, 5.41) is 9.07. The standard InChI is InChI=1S/C46H94O14/c1-10-19-20-21-22-23-24-25-26-27-37-58-43(50-29-11-2,51-30-12-3)45(54-33-15-6,55-34-16-7)60-46(56-35-17-8,57-36-18-9)44(52-31-13-4,53-32-14-5)59-42-41-49-40-39-48-38-28-47/h47H,10-42H2,1-9H3. The molecule has 1 N–H and O–H groups in total. The normalized spacial score (nSPS) is 12.9. The zero-order chi connectivity index (χ0) is 44.5. The number of rotatable bonds is 49. The summed E-state index contributed by atoms with van der Waals surface area (Å²) in [4.78, 5) is 0. The van der Waals surface area contributed by atoms with Crippen molar-refractivity contribution in [3.63, 3.8) is 0 Å². The molecular formula is C46H94O14. The van der Waals surface area contributed by atoms with Crippen LogP contribution < -0.4 is 0 Å². The van der Waals surface area contributed by atoms with Crippen molar-refractivity contribution >= 4 is 0 Å². The van der Waals surface area contributed by atoms with Gasteiger partial charge in [0.15, 0.2) is 0 Å². The molecule has 0 aromatic heterocycles. The fourth-order valence-electron chi connectivity index (χ4n) is 5.95. The molecule has 0 atom stereocenters. The first-order chi connectivity index (χ1) is 29.3. The van der Waals surface area contributed by atoms with Gasteiger partial charge in [-0.1, -0.05) is 120 Å². The molecule has 0 saturated carbocycles. The van der Waals surface area contributed by atoms with Gasteiger partial charge in [-0.15, -0.1) is 0 Å². The molecule has 0 heterocycles. The first kappa shape index (κ1) is 59.4. The molecule has 0 spiro atoms. The Morgan fingerprint density at radius 1 is 0.250 bits per heavy atom. The molecule has 0 aliphatic heterocycles. The van der Waals surface area contributed by atoms with Crippen molar-refractivity contribution in [3.05, 3.63) is 0 Å². The second kappa shape index (κ2) is 40.0. The van der Waals surface area contributed by atoms with E-state index in [0.717, 1.165) is 19.3 Å². The van der Waals surface area contributed by atoms with Gasteiger partial charge in [0, 0.05) is 0 Å². The van der Waals surface area contributed by atoms with Crippen LogP contribution in [0.1, 0.15) is 178 Å². The van der Waals surface area contributed by atoms with Gasteiger partial charge < -0.3 is 61.9 Å². The maximum atomic E-state index is 9.07. The van der Waals surface area contributed by atoms with Crippen LogP contribution in [-0.4, -0.2) is 128 Å².